The Morgan fingerprint density at radius 3 is 2.88 bits per heavy atom. The second-order valence-electron chi connectivity index (χ2n) is 4.67. The van der Waals surface area contributed by atoms with Crippen LogP contribution < -0.4 is 9.58 Å². The molecule has 0 aromatic carbocycles. The van der Waals surface area contributed by atoms with Crippen LogP contribution in [0.3, 0.4) is 0 Å². The largest absolute Gasteiger partial charge is 0.658 e. The van der Waals surface area contributed by atoms with E-state index in [0.717, 1.165) is 4.68 Å². The van der Waals surface area contributed by atoms with Gasteiger partial charge in [-0.25, -0.2) is 9.69 Å². The zero-order valence-electron chi connectivity index (χ0n) is 10.2. The Hall–Kier alpha value is -1.63. The van der Waals surface area contributed by atoms with Crippen molar-refractivity contribution >= 4 is 17.6 Å². The van der Waals surface area contributed by atoms with Crippen LogP contribution in [0.15, 0.2) is 4.52 Å². The van der Waals surface area contributed by atoms with Crippen molar-refractivity contribution in [3.05, 3.63) is 5.73 Å². The van der Waals surface area contributed by atoms with E-state index in [4.69, 9.17) is 15.0 Å². The first-order valence-corrected chi connectivity index (χ1v) is 5.43. The molecule has 0 radical (unpaired) electrons. The molecule has 1 saturated heterocycles. The molecular formula is C10H16N4O3. The number of morpholine rings is 1. The van der Waals surface area contributed by atoms with Gasteiger partial charge in [-0.2, -0.15) is 0 Å². The molecule has 0 bridgehead atoms. The van der Waals surface area contributed by atoms with Crippen LogP contribution in [0, 0.1) is 0 Å². The summed E-state index contributed by atoms with van der Waals surface area (Å²) in [4.78, 5) is 13.4. The molecule has 1 fully saturated rings. The van der Waals surface area contributed by atoms with Crippen molar-refractivity contribution in [2.24, 2.45) is 0 Å². The monoisotopic (exact) mass is 240 g/mol. The number of nitrogens with one attached hydrogen (secondary N) is 1. The summed E-state index contributed by atoms with van der Waals surface area (Å²) in [6.07, 6.45) is 0. The second-order valence-corrected chi connectivity index (χ2v) is 4.67. The molecule has 2 heterocycles. The van der Waals surface area contributed by atoms with Crippen LogP contribution in [-0.4, -0.2) is 36.5 Å². The average molecular weight is 240 g/mol. The summed E-state index contributed by atoms with van der Waals surface area (Å²) in [5.74, 6) is 0.0190. The summed E-state index contributed by atoms with van der Waals surface area (Å²) >= 11 is 0. The Kier molecular flexibility index (Phi) is 2.78. The first kappa shape index (κ1) is 11.8. The van der Waals surface area contributed by atoms with Crippen LogP contribution >= 0.6 is 0 Å². The quantitative estimate of drug-likeness (QED) is 0.681. The molecule has 17 heavy (non-hydrogen) atoms. The van der Waals surface area contributed by atoms with Crippen LogP contribution in [0.1, 0.15) is 25.6 Å². The average Bonchev–Trinajstić information content (AvgIpc) is 2.60. The predicted octanol–water partition coefficient (Wildman–Crippen LogP) is 0.921. The SMILES string of the molecule is CC(=O)[n+]1noc([NH-])c1N1CCOCC1(C)C. The number of aromatic nitrogens is 2. The van der Waals surface area contributed by atoms with Gasteiger partial charge in [-0.3, -0.25) is 0 Å². The van der Waals surface area contributed by atoms with Crippen molar-refractivity contribution in [1.29, 1.82) is 0 Å². The molecule has 0 saturated carbocycles. The van der Waals surface area contributed by atoms with E-state index >= 15 is 0 Å². The third-order valence-corrected chi connectivity index (χ3v) is 2.82. The van der Waals surface area contributed by atoms with E-state index < -0.39 is 0 Å². The lowest BCUT2D eigenvalue weighted by Gasteiger charge is -2.36. The molecule has 94 valence electrons. The molecule has 0 aliphatic carbocycles. The maximum Gasteiger partial charge on any atom is 0.335 e. The van der Waals surface area contributed by atoms with Crippen LogP contribution in [0.2, 0.25) is 0 Å². The Bertz CT molecular complexity index is 441. The Morgan fingerprint density at radius 1 is 1.59 bits per heavy atom. The fourth-order valence-electron chi connectivity index (χ4n) is 1.95. The van der Waals surface area contributed by atoms with Crippen molar-refractivity contribution in [1.82, 2.24) is 5.27 Å². The van der Waals surface area contributed by atoms with Gasteiger partial charge in [0.15, 0.2) is 0 Å². The summed E-state index contributed by atoms with van der Waals surface area (Å²) in [6.45, 7) is 7.07. The molecule has 7 nitrogen and oxygen atoms in total. The van der Waals surface area contributed by atoms with Crippen LogP contribution in [-0.2, 0) is 4.74 Å². The van der Waals surface area contributed by atoms with Gasteiger partial charge in [0, 0.05) is 6.92 Å². The molecule has 0 spiro atoms. The van der Waals surface area contributed by atoms with E-state index in [1.807, 2.05) is 18.7 Å². The van der Waals surface area contributed by atoms with Crippen molar-refractivity contribution in [3.8, 4) is 0 Å². The third kappa shape index (κ3) is 1.97. The number of anilines is 1. The first-order valence-electron chi connectivity index (χ1n) is 5.43. The molecule has 1 aliphatic heterocycles. The van der Waals surface area contributed by atoms with Gasteiger partial charge in [-0.1, -0.05) is 0 Å². The lowest BCUT2D eigenvalue weighted by atomic mass is 10.0. The highest BCUT2D eigenvalue weighted by Gasteiger charge is 2.41. The second kappa shape index (κ2) is 3.99. The van der Waals surface area contributed by atoms with Gasteiger partial charge in [0.1, 0.15) is 23.2 Å². The molecule has 7 heteroatoms. The summed E-state index contributed by atoms with van der Waals surface area (Å²) in [5, 5.41) is 3.58. The molecule has 0 atom stereocenters. The molecule has 0 amide bonds. The standard InChI is InChI=1S/C10H16N4O3/c1-7(15)14-9(8(11)17-12-14)13-4-5-16-6-10(13,2)3/h4-6H2,1-3H3,(H-,11,12). The normalized spacial score (nSPS) is 19.4. The molecular weight excluding hydrogens is 224 g/mol. The van der Waals surface area contributed by atoms with Gasteiger partial charge in [0.2, 0.25) is 0 Å². The summed E-state index contributed by atoms with van der Waals surface area (Å²) in [7, 11) is 0. The van der Waals surface area contributed by atoms with E-state index in [2.05, 4.69) is 5.27 Å². The smallest absolute Gasteiger partial charge is 0.335 e. The highest BCUT2D eigenvalue weighted by atomic mass is 16.5. The summed E-state index contributed by atoms with van der Waals surface area (Å²) < 4.78 is 11.3. The fourth-order valence-corrected chi connectivity index (χ4v) is 1.95. The van der Waals surface area contributed by atoms with E-state index in [1.165, 1.54) is 6.92 Å². The van der Waals surface area contributed by atoms with Gasteiger partial charge in [0.05, 0.1) is 13.2 Å². The van der Waals surface area contributed by atoms with Crippen molar-refractivity contribution in [2.45, 2.75) is 26.3 Å². The maximum atomic E-state index is 11.4. The third-order valence-electron chi connectivity index (χ3n) is 2.82. The minimum Gasteiger partial charge on any atom is -0.658 e. The number of carbonyl (C=O) groups is 1. The van der Waals surface area contributed by atoms with Crippen LogP contribution in [0.5, 0.6) is 0 Å². The van der Waals surface area contributed by atoms with Gasteiger partial charge >= 0.3 is 11.7 Å². The molecule has 1 N–H and O–H groups in total. The lowest BCUT2D eigenvalue weighted by Crippen LogP contribution is -2.58. The minimum atomic E-state index is -0.295. The number of carbonyl (C=O) groups excluding carboxylic acids is 1. The zero-order valence-corrected chi connectivity index (χ0v) is 10.2. The number of rotatable bonds is 1. The molecule has 0 unspecified atom stereocenters. The number of hydrogen-bond donors (Lipinski definition) is 0. The summed E-state index contributed by atoms with van der Waals surface area (Å²) in [6, 6.07) is 0. The Labute approximate surface area is 99.1 Å². The molecule has 1 aliphatic rings. The van der Waals surface area contributed by atoms with Crippen LogP contribution in [0.4, 0.5) is 11.7 Å². The predicted molar refractivity (Wildman–Crippen MR) is 59.2 cm³/mol. The van der Waals surface area contributed by atoms with E-state index in [-0.39, 0.29) is 17.3 Å². The number of ether oxygens (including phenoxy) is 1. The number of hydrogen-bond acceptors (Lipinski definition) is 5. The molecule has 1 aromatic heterocycles. The van der Waals surface area contributed by atoms with Gasteiger partial charge < -0.3 is 15.0 Å². The molecule has 2 rings (SSSR count). The number of nitrogens with zero attached hydrogens (tertiary/aromatic N) is 3. The van der Waals surface area contributed by atoms with E-state index in [9.17, 15) is 4.79 Å². The van der Waals surface area contributed by atoms with Crippen LogP contribution in [0.25, 0.3) is 5.73 Å². The minimum absolute atomic E-state index is 0.102. The topological polar surface area (TPSA) is 83.2 Å². The highest BCUT2D eigenvalue weighted by molar-refractivity contribution is 5.68. The van der Waals surface area contributed by atoms with E-state index in [0.29, 0.717) is 25.6 Å². The van der Waals surface area contributed by atoms with Crippen molar-refractivity contribution < 1.29 is 18.7 Å². The zero-order chi connectivity index (χ0) is 12.6. The Morgan fingerprint density at radius 2 is 2.29 bits per heavy atom. The Balaban J connectivity index is 2.45. The van der Waals surface area contributed by atoms with Gasteiger partial charge in [-0.15, -0.1) is 0 Å². The van der Waals surface area contributed by atoms with Gasteiger partial charge in [-0.05, 0) is 18.5 Å². The van der Waals surface area contributed by atoms with Crippen molar-refractivity contribution in [2.75, 3.05) is 24.7 Å². The van der Waals surface area contributed by atoms with Crippen molar-refractivity contribution in [3.63, 3.8) is 0 Å². The fraction of sp³-hybridized carbons (Fsp3) is 0.700. The summed E-state index contributed by atoms with van der Waals surface area (Å²) in [5.41, 5.74) is 7.42. The first-order chi connectivity index (χ1) is 7.93. The molecule has 1 aromatic rings. The lowest BCUT2D eigenvalue weighted by molar-refractivity contribution is -0.636. The van der Waals surface area contributed by atoms with E-state index in [1.54, 1.807) is 0 Å². The maximum absolute atomic E-state index is 11.4. The highest BCUT2D eigenvalue weighted by Crippen LogP contribution is 2.30. The van der Waals surface area contributed by atoms with Gasteiger partial charge in [0.25, 0.3) is 0 Å².